The summed E-state index contributed by atoms with van der Waals surface area (Å²) >= 11 is 3.45. The van der Waals surface area contributed by atoms with Gasteiger partial charge in [0.05, 0.1) is 17.3 Å². The first kappa shape index (κ1) is 16.1. The van der Waals surface area contributed by atoms with Crippen molar-refractivity contribution in [2.45, 2.75) is 32.0 Å². The molecule has 0 N–H and O–H groups in total. The van der Waals surface area contributed by atoms with E-state index in [2.05, 4.69) is 52.9 Å². The summed E-state index contributed by atoms with van der Waals surface area (Å²) in [7, 11) is 1.93. The summed E-state index contributed by atoms with van der Waals surface area (Å²) in [6.45, 7) is 4.91. The summed E-state index contributed by atoms with van der Waals surface area (Å²) in [5.74, 6) is 1.84. The molecule has 2 unspecified atom stereocenters. The van der Waals surface area contributed by atoms with Gasteiger partial charge in [-0.1, -0.05) is 0 Å². The average Bonchev–Trinajstić information content (AvgIpc) is 3.31. The van der Waals surface area contributed by atoms with Crippen molar-refractivity contribution < 1.29 is 0 Å². The van der Waals surface area contributed by atoms with Crippen molar-refractivity contribution >= 4 is 32.8 Å². The number of hydrogen-bond acceptors (Lipinski definition) is 6. The van der Waals surface area contributed by atoms with Crippen LogP contribution in [-0.4, -0.2) is 54.8 Å². The van der Waals surface area contributed by atoms with Gasteiger partial charge in [-0.2, -0.15) is 5.10 Å². The van der Waals surface area contributed by atoms with Crippen LogP contribution in [0.15, 0.2) is 29.0 Å². The lowest BCUT2D eigenvalue weighted by Crippen LogP contribution is -2.46. The molecule has 26 heavy (non-hydrogen) atoms. The van der Waals surface area contributed by atoms with Gasteiger partial charge in [-0.3, -0.25) is 14.6 Å². The third kappa shape index (κ3) is 2.59. The minimum atomic E-state index is 0.494. The smallest absolute Gasteiger partial charge is 0.163 e. The Morgan fingerprint density at radius 2 is 2.04 bits per heavy atom. The third-order valence-electron chi connectivity index (χ3n) is 5.46. The van der Waals surface area contributed by atoms with Gasteiger partial charge in [-0.15, -0.1) is 0 Å². The monoisotopic (exact) mass is 413 g/mol. The van der Waals surface area contributed by atoms with E-state index in [0.717, 1.165) is 52.5 Å². The Balaban J connectivity index is 1.38. The number of nitrogens with zero attached hydrogens (tertiary/aromatic N) is 7. The summed E-state index contributed by atoms with van der Waals surface area (Å²) in [5.41, 5.74) is 2.03. The van der Waals surface area contributed by atoms with E-state index in [9.17, 15) is 0 Å². The van der Waals surface area contributed by atoms with Gasteiger partial charge < -0.3 is 4.90 Å². The van der Waals surface area contributed by atoms with Gasteiger partial charge >= 0.3 is 0 Å². The van der Waals surface area contributed by atoms with Gasteiger partial charge in [-0.05, 0) is 41.4 Å². The molecule has 2 aliphatic heterocycles. The van der Waals surface area contributed by atoms with Crippen LogP contribution in [0.1, 0.15) is 17.9 Å². The molecule has 0 radical (unpaired) electrons. The van der Waals surface area contributed by atoms with Crippen LogP contribution >= 0.6 is 15.9 Å². The molecular weight excluding hydrogens is 394 g/mol. The fourth-order valence-electron chi connectivity index (χ4n) is 4.24. The Morgan fingerprint density at radius 3 is 2.77 bits per heavy atom. The number of anilines is 1. The van der Waals surface area contributed by atoms with Crippen molar-refractivity contribution in [2.75, 3.05) is 18.0 Å². The Labute approximate surface area is 160 Å². The molecule has 0 saturated carbocycles. The Bertz CT molecular complexity index is 968. The molecule has 0 amide bonds. The van der Waals surface area contributed by atoms with E-state index in [1.54, 1.807) is 0 Å². The van der Waals surface area contributed by atoms with Gasteiger partial charge in [-0.25, -0.2) is 9.97 Å². The van der Waals surface area contributed by atoms with Crippen LogP contribution in [0.3, 0.4) is 0 Å². The highest BCUT2D eigenvalue weighted by Crippen LogP contribution is 2.37. The van der Waals surface area contributed by atoms with Crippen LogP contribution in [0, 0.1) is 6.92 Å². The van der Waals surface area contributed by atoms with E-state index in [-0.39, 0.29) is 0 Å². The topological polar surface area (TPSA) is 63.0 Å². The summed E-state index contributed by atoms with van der Waals surface area (Å²) in [5, 5.41) is 5.42. The molecule has 134 valence electrons. The van der Waals surface area contributed by atoms with Crippen molar-refractivity contribution in [3.63, 3.8) is 0 Å². The molecular formula is C18H20BrN7. The second-order valence-corrected chi connectivity index (χ2v) is 8.11. The van der Waals surface area contributed by atoms with Gasteiger partial charge in [0.25, 0.3) is 0 Å². The highest BCUT2D eigenvalue weighted by atomic mass is 79.9. The molecule has 2 atom stereocenters. The summed E-state index contributed by atoms with van der Waals surface area (Å²) < 4.78 is 2.85. The average molecular weight is 414 g/mol. The molecule has 0 spiro atoms. The van der Waals surface area contributed by atoms with Crippen LogP contribution in [0.5, 0.6) is 0 Å². The van der Waals surface area contributed by atoms with Crippen LogP contribution in [0.25, 0.3) is 11.0 Å². The summed E-state index contributed by atoms with van der Waals surface area (Å²) in [4.78, 5) is 18.8. The fraction of sp³-hybridized carbons (Fsp3) is 0.444. The second-order valence-electron chi connectivity index (χ2n) is 7.19. The normalized spacial score (nSPS) is 22.7. The maximum absolute atomic E-state index is 4.76. The zero-order valence-corrected chi connectivity index (χ0v) is 16.4. The lowest BCUT2D eigenvalue weighted by atomic mass is 10.2. The summed E-state index contributed by atoms with van der Waals surface area (Å²) in [6, 6.07) is 5.20. The second kappa shape index (κ2) is 5.99. The molecule has 2 bridgehead atoms. The highest BCUT2D eigenvalue weighted by molar-refractivity contribution is 9.10. The fourth-order valence-corrected chi connectivity index (χ4v) is 4.48. The van der Waals surface area contributed by atoms with E-state index >= 15 is 0 Å². The molecule has 5 heterocycles. The Kier molecular flexibility index (Phi) is 3.72. The molecule has 0 aliphatic carbocycles. The van der Waals surface area contributed by atoms with Gasteiger partial charge in [0.15, 0.2) is 5.65 Å². The lowest BCUT2D eigenvalue weighted by molar-refractivity contribution is 0.227. The van der Waals surface area contributed by atoms with E-state index in [4.69, 9.17) is 4.98 Å². The maximum atomic E-state index is 4.76. The molecule has 7 nitrogen and oxygen atoms in total. The molecule has 3 aromatic heterocycles. The number of aryl methyl sites for hydroxylation is 2. The number of aromatic nitrogens is 5. The van der Waals surface area contributed by atoms with Crippen molar-refractivity contribution in [2.24, 2.45) is 7.05 Å². The largest absolute Gasteiger partial charge is 0.350 e. The Hall–Kier alpha value is -2.06. The molecule has 2 aliphatic rings. The van der Waals surface area contributed by atoms with Crippen LogP contribution in [-0.2, 0) is 13.6 Å². The first-order valence-corrected chi connectivity index (χ1v) is 9.65. The van der Waals surface area contributed by atoms with Crippen LogP contribution in [0.2, 0.25) is 0 Å². The number of likely N-dealkylation sites (tertiary alicyclic amines) is 1. The van der Waals surface area contributed by atoms with Crippen LogP contribution in [0.4, 0.5) is 5.82 Å². The number of hydrogen-bond donors (Lipinski definition) is 0. The van der Waals surface area contributed by atoms with Crippen molar-refractivity contribution in [1.29, 1.82) is 0 Å². The standard InChI is InChI=1S/C18H20BrN7/c1-11-22-17-16(7-21-24(17)2)18(23-11)26-10-14-5-15(26)9-25(14)8-13-4-3-12(19)6-20-13/h3-4,6-7,14-15H,5,8-10H2,1-2H3. The van der Waals surface area contributed by atoms with Gasteiger partial charge in [0, 0.05) is 49.4 Å². The van der Waals surface area contributed by atoms with Crippen molar-refractivity contribution in [1.82, 2.24) is 29.6 Å². The number of pyridine rings is 1. The van der Waals surface area contributed by atoms with Crippen molar-refractivity contribution in [3.8, 4) is 0 Å². The number of halogens is 1. The SMILES string of the molecule is Cc1nc(N2CC3CC2CN3Cc2ccc(Br)cn2)c2cnn(C)c2n1. The molecule has 2 fully saturated rings. The first-order valence-electron chi connectivity index (χ1n) is 8.86. The number of rotatable bonds is 3. The lowest BCUT2D eigenvalue weighted by Gasteiger charge is -2.35. The highest BCUT2D eigenvalue weighted by Gasteiger charge is 2.44. The molecule has 0 aromatic carbocycles. The van der Waals surface area contributed by atoms with Crippen molar-refractivity contribution in [3.05, 3.63) is 40.5 Å². The summed E-state index contributed by atoms with van der Waals surface area (Å²) in [6.07, 6.45) is 4.94. The van der Waals surface area contributed by atoms with E-state index < -0.39 is 0 Å². The zero-order chi connectivity index (χ0) is 17.8. The van der Waals surface area contributed by atoms with Gasteiger partial charge in [0.1, 0.15) is 11.6 Å². The van der Waals surface area contributed by atoms with E-state index in [1.165, 1.54) is 6.42 Å². The maximum Gasteiger partial charge on any atom is 0.163 e. The molecule has 5 rings (SSSR count). The van der Waals surface area contributed by atoms with E-state index in [1.807, 2.05) is 31.0 Å². The minimum absolute atomic E-state index is 0.494. The van der Waals surface area contributed by atoms with Gasteiger partial charge in [0.2, 0.25) is 0 Å². The molecule has 3 aromatic rings. The predicted octanol–water partition coefficient (Wildman–Crippen LogP) is 2.29. The first-order chi connectivity index (χ1) is 12.6. The number of fused-ring (bicyclic) bond motifs is 3. The number of piperazine rings is 1. The predicted molar refractivity (Wildman–Crippen MR) is 103 cm³/mol. The zero-order valence-electron chi connectivity index (χ0n) is 14.8. The molecule has 2 saturated heterocycles. The Morgan fingerprint density at radius 1 is 1.15 bits per heavy atom. The minimum Gasteiger partial charge on any atom is -0.350 e. The van der Waals surface area contributed by atoms with Crippen LogP contribution < -0.4 is 4.90 Å². The molecule has 8 heteroatoms. The third-order valence-corrected chi connectivity index (χ3v) is 5.93. The quantitative estimate of drug-likeness (QED) is 0.656. The van der Waals surface area contributed by atoms with E-state index in [0.29, 0.717) is 12.1 Å².